The van der Waals surface area contributed by atoms with E-state index in [0.717, 1.165) is 17.0 Å². The number of nitrogens with zero attached hydrogens (tertiary/aromatic N) is 1. The van der Waals surface area contributed by atoms with Crippen LogP contribution < -0.4 is 8.92 Å². The van der Waals surface area contributed by atoms with Crippen LogP contribution in [0.3, 0.4) is 0 Å². The number of benzene rings is 2. The van der Waals surface area contributed by atoms with E-state index in [9.17, 15) is 27.9 Å². The van der Waals surface area contributed by atoms with Crippen LogP contribution in [-0.2, 0) is 24.5 Å². The minimum absolute atomic E-state index is 0.0182. The van der Waals surface area contributed by atoms with Crippen LogP contribution in [0.25, 0.3) is 0 Å². The van der Waals surface area contributed by atoms with Crippen LogP contribution in [-0.4, -0.2) is 49.6 Å². The number of halogens is 1. The first-order chi connectivity index (χ1) is 20.9. The number of hydrogen-bond donors (Lipinski definition) is 1. The van der Waals surface area contributed by atoms with Gasteiger partial charge >= 0.3 is 16.1 Å². The molecule has 0 saturated heterocycles. The average molecular weight is 701 g/mol. The topological polar surface area (TPSA) is 127 Å². The van der Waals surface area contributed by atoms with Crippen molar-refractivity contribution in [2.24, 2.45) is 10.8 Å². The third-order valence-corrected chi connectivity index (χ3v) is 10.5. The predicted octanol–water partition coefficient (Wildman–Crippen LogP) is 6.69. The van der Waals surface area contributed by atoms with Crippen molar-refractivity contribution < 1.29 is 36.8 Å². The van der Waals surface area contributed by atoms with Crippen molar-refractivity contribution in [3.05, 3.63) is 74.5 Å². The number of carbonyl (C=O) groups is 3. The fourth-order valence-electron chi connectivity index (χ4n) is 6.71. The summed E-state index contributed by atoms with van der Waals surface area (Å²) in [5.41, 5.74) is 3.16. The third-order valence-electron chi connectivity index (χ3n) is 8.66. The molecule has 11 heteroatoms. The molecule has 2 aliphatic carbocycles. The maximum absolute atomic E-state index is 14.0. The summed E-state index contributed by atoms with van der Waals surface area (Å²) in [6.45, 7) is 10.0. The number of methoxy groups -OCH3 is 1. The molecule has 0 radical (unpaired) electrons. The maximum Gasteiger partial charge on any atom is 0.339 e. The van der Waals surface area contributed by atoms with Crippen molar-refractivity contribution >= 4 is 43.6 Å². The van der Waals surface area contributed by atoms with E-state index in [0.29, 0.717) is 29.6 Å². The quantitative estimate of drug-likeness (QED) is 0.300. The molecule has 3 aliphatic rings. The zero-order chi connectivity index (χ0) is 33.1. The van der Waals surface area contributed by atoms with E-state index < -0.39 is 22.0 Å². The second-order valence-electron chi connectivity index (χ2n) is 13.7. The smallest absolute Gasteiger partial charge is 0.339 e. The molecule has 9 nitrogen and oxygen atoms in total. The van der Waals surface area contributed by atoms with E-state index >= 15 is 0 Å². The van der Waals surface area contributed by atoms with Gasteiger partial charge in [-0.1, -0.05) is 45.4 Å². The van der Waals surface area contributed by atoms with Crippen molar-refractivity contribution in [2.45, 2.75) is 77.5 Å². The van der Waals surface area contributed by atoms with Crippen molar-refractivity contribution in [1.29, 1.82) is 0 Å². The lowest BCUT2D eigenvalue weighted by Gasteiger charge is -2.49. The number of carboxylic acids is 1. The Kier molecular flexibility index (Phi) is 8.59. The van der Waals surface area contributed by atoms with E-state index in [2.05, 4.69) is 15.9 Å². The Hall–Kier alpha value is -3.44. The zero-order valence-corrected chi connectivity index (χ0v) is 28.7. The molecular formula is C34H38BrNO8S. The Labute approximate surface area is 272 Å². The molecule has 1 heterocycles. The number of aliphatic carboxylic acids is 1. The van der Waals surface area contributed by atoms with E-state index in [4.69, 9.17) is 8.92 Å². The summed E-state index contributed by atoms with van der Waals surface area (Å²) in [4.78, 5) is 41.6. The summed E-state index contributed by atoms with van der Waals surface area (Å²) in [6, 6.07) is 9.58. The second kappa shape index (κ2) is 11.7. The standard InChI is InChI=1S/C34H38BrNO8S/c1-19-7-9-21(10-8-19)45(41,42)44-32-22(35)13-20(14-27(32)43-6)29-30-23(15-33(2,3)17-25(30)37)36(12-11-28(39)40)24-16-34(4,5)18-26(38)31(24)29/h7-10,13-14,29H,11-12,15-18H2,1-6H3,(H,39,40). The number of carboxylic acid groups (broad SMARTS) is 1. The fourth-order valence-corrected chi connectivity index (χ4v) is 8.31. The summed E-state index contributed by atoms with van der Waals surface area (Å²) in [5.74, 6) is -1.86. The molecular weight excluding hydrogens is 662 g/mol. The number of allylic oxidation sites excluding steroid dienone is 4. The Bertz CT molecular complexity index is 1720. The highest BCUT2D eigenvalue weighted by molar-refractivity contribution is 9.10. The summed E-state index contributed by atoms with van der Waals surface area (Å²) >= 11 is 3.49. The molecule has 2 aromatic carbocycles. The Morgan fingerprint density at radius 1 is 0.956 bits per heavy atom. The monoisotopic (exact) mass is 699 g/mol. The number of aryl methyl sites for hydroxylation is 1. The second-order valence-corrected chi connectivity index (χ2v) is 16.1. The highest BCUT2D eigenvalue weighted by Gasteiger charge is 2.49. The number of ketones is 2. The van der Waals surface area contributed by atoms with Crippen LogP contribution in [0.15, 0.2) is 68.3 Å². The fraction of sp³-hybridized carbons (Fsp3) is 0.441. The molecule has 5 rings (SSSR count). The SMILES string of the molecule is COc1cc(C2C3=C(CC(C)(C)CC3=O)N(CCC(=O)O)C3=C2C(=O)CC(C)(C)C3)cc(Br)c1OS(=O)(=O)c1ccc(C)cc1. The summed E-state index contributed by atoms with van der Waals surface area (Å²) < 4.78 is 37.9. The summed E-state index contributed by atoms with van der Waals surface area (Å²) in [6.07, 6.45) is 1.45. The van der Waals surface area contributed by atoms with Gasteiger partial charge in [0.05, 0.1) is 18.0 Å². The first-order valence-electron chi connectivity index (χ1n) is 14.8. The number of rotatable bonds is 8. The summed E-state index contributed by atoms with van der Waals surface area (Å²) in [7, 11) is -2.82. The highest BCUT2D eigenvalue weighted by Crippen LogP contribution is 2.55. The van der Waals surface area contributed by atoms with Gasteiger partial charge in [0.2, 0.25) is 0 Å². The number of Topliss-reactive ketones (excluding diaryl/α,β-unsaturated/α-hetero) is 2. The van der Waals surface area contributed by atoms with E-state index in [1.54, 1.807) is 24.3 Å². The Balaban J connectivity index is 1.69. The molecule has 0 saturated carbocycles. The number of carbonyl (C=O) groups excluding carboxylic acids is 2. The van der Waals surface area contributed by atoms with Gasteiger partial charge in [-0.05, 0) is 76.4 Å². The van der Waals surface area contributed by atoms with E-state index in [-0.39, 0.29) is 69.1 Å². The van der Waals surface area contributed by atoms with E-state index in [1.807, 2.05) is 39.5 Å². The van der Waals surface area contributed by atoms with Crippen LogP contribution in [0.1, 0.15) is 76.8 Å². The number of ether oxygens (including phenoxy) is 1. The van der Waals surface area contributed by atoms with Crippen molar-refractivity contribution in [1.82, 2.24) is 4.90 Å². The van der Waals surface area contributed by atoms with Gasteiger partial charge in [0.15, 0.2) is 23.1 Å². The normalized spacial score (nSPS) is 19.8. The molecule has 0 spiro atoms. The van der Waals surface area contributed by atoms with Crippen molar-refractivity contribution in [3.63, 3.8) is 0 Å². The van der Waals surface area contributed by atoms with Gasteiger partial charge in [-0.15, -0.1) is 0 Å². The molecule has 1 aliphatic heterocycles. The van der Waals surface area contributed by atoms with Crippen molar-refractivity contribution in [3.8, 4) is 11.5 Å². The Morgan fingerprint density at radius 2 is 1.49 bits per heavy atom. The van der Waals surface area contributed by atoms with Gasteiger partial charge in [0.1, 0.15) is 4.90 Å². The number of hydrogen-bond acceptors (Lipinski definition) is 8. The zero-order valence-electron chi connectivity index (χ0n) is 26.3. The first-order valence-corrected chi connectivity index (χ1v) is 17.0. The van der Waals surface area contributed by atoms with Crippen LogP contribution in [0.2, 0.25) is 0 Å². The molecule has 0 fully saturated rings. The molecule has 0 amide bonds. The first kappa shape index (κ1) is 32.9. The lowest BCUT2D eigenvalue weighted by Crippen LogP contribution is -2.45. The largest absolute Gasteiger partial charge is 0.493 e. The van der Waals surface area contributed by atoms with Gasteiger partial charge in [-0.25, -0.2) is 0 Å². The molecule has 0 atom stereocenters. The molecule has 2 aromatic rings. The minimum atomic E-state index is -4.22. The molecule has 45 heavy (non-hydrogen) atoms. The van der Waals surface area contributed by atoms with Gasteiger partial charge in [0, 0.05) is 47.8 Å². The van der Waals surface area contributed by atoms with E-state index in [1.165, 1.54) is 19.2 Å². The van der Waals surface area contributed by atoms with Crippen LogP contribution >= 0.6 is 15.9 Å². The molecule has 0 aromatic heterocycles. The highest BCUT2D eigenvalue weighted by atomic mass is 79.9. The summed E-state index contributed by atoms with van der Waals surface area (Å²) in [5, 5.41) is 9.59. The lowest BCUT2D eigenvalue weighted by atomic mass is 9.63. The maximum atomic E-state index is 14.0. The van der Waals surface area contributed by atoms with Gasteiger partial charge < -0.3 is 18.9 Å². The molecule has 0 bridgehead atoms. The van der Waals surface area contributed by atoms with Crippen molar-refractivity contribution in [2.75, 3.05) is 13.7 Å². The molecule has 240 valence electrons. The van der Waals surface area contributed by atoms with Crippen LogP contribution in [0.5, 0.6) is 11.5 Å². The van der Waals surface area contributed by atoms with Crippen LogP contribution in [0.4, 0.5) is 0 Å². The molecule has 1 N–H and O–H groups in total. The minimum Gasteiger partial charge on any atom is -0.493 e. The predicted molar refractivity (Wildman–Crippen MR) is 171 cm³/mol. The average Bonchev–Trinajstić information content (AvgIpc) is 2.91. The van der Waals surface area contributed by atoms with Crippen LogP contribution in [0, 0.1) is 17.8 Å². The lowest BCUT2D eigenvalue weighted by molar-refractivity contribution is -0.137. The van der Waals surface area contributed by atoms with Gasteiger partial charge in [-0.3, -0.25) is 14.4 Å². The van der Waals surface area contributed by atoms with Gasteiger partial charge in [0.25, 0.3) is 0 Å². The van der Waals surface area contributed by atoms with Gasteiger partial charge in [-0.2, -0.15) is 8.42 Å². The Morgan fingerprint density at radius 3 is 1.98 bits per heavy atom. The molecule has 0 unspecified atom stereocenters. The third kappa shape index (κ3) is 6.47.